The molecule has 0 bridgehead atoms. The molecule has 1 aliphatic heterocycles. The fraction of sp³-hybridized carbons (Fsp3) is 0.312. The second-order valence-corrected chi connectivity index (χ2v) is 4.84. The third-order valence-corrected chi connectivity index (χ3v) is 3.58. The molecule has 19 heavy (non-hydrogen) atoms. The Bertz CT molecular complexity index is 606. The van der Waals surface area contributed by atoms with Crippen LogP contribution in [-0.2, 0) is 4.74 Å². The van der Waals surface area contributed by atoms with Gasteiger partial charge in [0, 0.05) is 11.6 Å². The van der Waals surface area contributed by atoms with Crippen molar-refractivity contribution in [2.75, 3.05) is 13.7 Å². The molecule has 98 valence electrons. The van der Waals surface area contributed by atoms with Crippen LogP contribution < -0.4 is 5.32 Å². The van der Waals surface area contributed by atoms with E-state index in [1.807, 2.05) is 25.6 Å². The number of rotatable bonds is 3. The molecule has 0 saturated carbocycles. The molecular formula is C16H18N2O. The van der Waals surface area contributed by atoms with Gasteiger partial charge in [-0.3, -0.25) is 4.98 Å². The molecule has 3 heteroatoms. The van der Waals surface area contributed by atoms with Gasteiger partial charge >= 0.3 is 0 Å². The molecule has 0 amide bonds. The zero-order valence-corrected chi connectivity index (χ0v) is 11.1. The number of hydrogen-bond acceptors (Lipinski definition) is 3. The first kappa shape index (κ1) is 12.2. The Morgan fingerprint density at radius 2 is 2.26 bits per heavy atom. The van der Waals surface area contributed by atoms with Crippen LogP contribution in [0.2, 0.25) is 0 Å². The summed E-state index contributed by atoms with van der Waals surface area (Å²) in [6, 6.07) is 10.7. The Hall–Kier alpha value is -1.87. The van der Waals surface area contributed by atoms with Crippen molar-refractivity contribution in [1.82, 2.24) is 10.3 Å². The highest BCUT2D eigenvalue weighted by Crippen LogP contribution is 2.28. The van der Waals surface area contributed by atoms with Crippen LogP contribution in [0.4, 0.5) is 0 Å². The fourth-order valence-corrected chi connectivity index (χ4v) is 2.64. The SMILES string of the molecule is CNC(C1=COCCC1)c1ccc2ncccc2c1. The molecule has 0 fully saturated rings. The van der Waals surface area contributed by atoms with E-state index in [0.717, 1.165) is 25.0 Å². The van der Waals surface area contributed by atoms with Gasteiger partial charge in [-0.1, -0.05) is 12.1 Å². The van der Waals surface area contributed by atoms with Crippen molar-refractivity contribution in [2.45, 2.75) is 18.9 Å². The van der Waals surface area contributed by atoms with Gasteiger partial charge in [0.2, 0.25) is 0 Å². The molecule has 0 aliphatic carbocycles. The molecule has 0 spiro atoms. The first-order valence-electron chi connectivity index (χ1n) is 6.71. The van der Waals surface area contributed by atoms with Gasteiger partial charge in [0.15, 0.2) is 0 Å². The number of hydrogen-bond donors (Lipinski definition) is 1. The number of ether oxygens (including phenoxy) is 1. The monoisotopic (exact) mass is 254 g/mol. The predicted octanol–water partition coefficient (Wildman–Crippen LogP) is 3.19. The lowest BCUT2D eigenvalue weighted by atomic mass is 9.94. The minimum Gasteiger partial charge on any atom is -0.501 e. The minimum atomic E-state index is 0.227. The lowest BCUT2D eigenvalue weighted by Crippen LogP contribution is -2.20. The molecule has 0 radical (unpaired) electrons. The summed E-state index contributed by atoms with van der Waals surface area (Å²) in [6.07, 6.45) is 5.93. The second kappa shape index (κ2) is 5.41. The van der Waals surface area contributed by atoms with E-state index in [4.69, 9.17) is 4.74 Å². The van der Waals surface area contributed by atoms with Crippen LogP contribution in [0.15, 0.2) is 48.4 Å². The number of nitrogens with one attached hydrogen (secondary N) is 1. The van der Waals surface area contributed by atoms with E-state index in [1.165, 1.54) is 16.5 Å². The summed E-state index contributed by atoms with van der Waals surface area (Å²) >= 11 is 0. The zero-order valence-electron chi connectivity index (χ0n) is 11.1. The maximum Gasteiger partial charge on any atom is 0.0876 e. The number of fused-ring (bicyclic) bond motifs is 1. The van der Waals surface area contributed by atoms with Crippen LogP contribution in [0.1, 0.15) is 24.4 Å². The van der Waals surface area contributed by atoms with Gasteiger partial charge in [-0.05, 0) is 49.2 Å². The maximum absolute atomic E-state index is 5.46. The van der Waals surface area contributed by atoms with Gasteiger partial charge in [0.05, 0.1) is 24.4 Å². The molecule has 1 atom stereocenters. The quantitative estimate of drug-likeness (QED) is 0.913. The third kappa shape index (κ3) is 2.47. The van der Waals surface area contributed by atoms with E-state index in [-0.39, 0.29) is 6.04 Å². The average molecular weight is 254 g/mol. The summed E-state index contributed by atoms with van der Waals surface area (Å²) in [5.41, 5.74) is 3.62. The number of aromatic nitrogens is 1. The summed E-state index contributed by atoms with van der Waals surface area (Å²) in [5.74, 6) is 0. The van der Waals surface area contributed by atoms with E-state index < -0.39 is 0 Å². The highest BCUT2D eigenvalue weighted by molar-refractivity contribution is 5.79. The summed E-state index contributed by atoms with van der Waals surface area (Å²) < 4.78 is 5.46. The first-order valence-corrected chi connectivity index (χ1v) is 6.71. The van der Waals surface area contributed by atoms with Gasteiger partial charge < -0.3 is 10.1 Å². The maximum atomic E-state index is 5.46. The van der Waals surface area contributed by atoms with Crippen LogP contribution in [0.25, 0.3) is 10.9 Å². The molecular weight excluding hydrogens is 236 g/mol. The summed E-state index contributed by atoms with van der Waals surface area (Å²) in [6.45, 7) is 0.835. The van der Waals surface area contributed by atoms with Crippen LogP contribution in [-0.4, -0.2) is 18.6 Å². The lowest BCUT2D eigenvalue weighted by Gasteiger charge is -2.23. The van der Waals surface area contributed by atoms with Gasteiger partial charge in [-0.2, -0.15) is 0 Å². The number of pyridine rings is 1. The zero-order chi connectivity index (χ0) is 13.1. The van der Waals surface area contributed by atoms with Gasteiger partial charge in [0.25, 0.3) is 0 Å². The average Bonchev–Trinajstić information content (AvgIpc) is 2.49. The van der Waals surface area contributed by atoms with Gasteiger partial charge in [-0.15, -0.1) is 0 Å². The van der Waals surface area contributed by atoms with Crippen LogP contribution in [0, 0.1) is 0 Å². The second-order valence-electron chi connectivity index (χ2n) is 4.84. The van der Waals surface area contributed by atoms with Crippen LogP contribution in [0.3, 0.4) is 0 Å². The molecule has 1 aromatic heterocycles. The van der Waals surface area contributed by atoms with Gasteiger partial charge in [-0.25, -0.2) is 0 Å². The Kier molecular flexibility index (Phi) is 3.47. The Morgan fingerprint density at radius 3 is 3.05 bits per heavy atom. The van der Waals surface area contributed by atoms with E-state index in [9.17, 15) is 0 Å². The smallest absolute Gasteiger partial charge is 0.0876 e. The molecule has 2 aromatic rings. The lowest BCUT2D eigenvalue weighted by molar-refractivity contribution is 0.220. The number of likely N-dealkylation sites (N-methyl/N-ethyl adjacent to an activating group) is 1. The molecule has 1 aliphatic rings. The normalized spacial score (nSPS) is 16.8. The topological polar surface area (TPSA) is 34.1 Å². The van der Waals surface area contributed by atoms with Crippen LogP contribution in [0.5, 0.6) is 0 Å². The number of nitrogens with zero attached hydrogens (tertiary/aromatic N) is 1. The highest BCUT2D eigenvalue weighted by Gasteiger charge is 2.17. The van der Waals surface area contributed by atoms with E-state index in [2.05, 4.69) is 34.6 Å². The summed E-state index contributed by atoms with van der Waals surface area (Å²) in [4.78, 5) is 4.36. The van der Waals surface area contributed by atoms with Crippen molar-refractivity contribution < 1.29 is 4.74 Å². The number of benzene rings is 1. The van der Waals surface area contributed by atoms with E-state index in [1.54, 1.807) is 0 Å². The molecule has 1 N–H and O–H groups in total. The van der Waals surface area contributed by atoms with Crippen molar-refractivity contribution in [2.24, 2.45) is 0 Å². The van der Waals surface area contributed by atoms with Crippen molar-refractivity contribution in [3.8, 4) is 0 Å². The molecule has 1 unspecified atom stereocenters. The largest absolute Gasteiger partial charge is 0.501 e. The first-order chi connectivity index (χ1) is 9.38. The molecule has 2 heterocycles. The van der Waals surface area contributed by atoms with E-state index in [0.29, 0.717) is 0 Å². The highest BCUT2D eigenvalue weighted by atomic mass is 16.5. The van der Waals surface area contributed by atoms with Crippen molar-refractivity contribution >= 4 is 10.9 Å². The minimum absolute atomic E-state index is 0.227. The summed E-state index contributed by atoms with van der Waals surface area (Å²) in [7, 11) is 1.99. The summed E-state index contributed by atoms with van der Waals surface area (Å²) in [5, 5.41) is 4.56. The molecule has 1 aromatic carbocycles. The third-order valence-electron chi connectivity index (χ3n) is 3.58. The predicted molar refractivity (Wildman–Crippen MR) is 76.8 cm³/mol. The van der Waals surface area contributed by atoms with Crippen molar-refractivity contribution in [3.05, 3.63) is 53.9 Å². The molecule has 3 nitrogen and oxygen atoms in total. The van der Waals surface area contributed by atoms with Crippen molar-refractivity contribution in [3.63, 3.8) is 0 Å². The molecule has 0 saturated heterocycles. The fourth-order valence-electron chi connectivity index (χ4n) is 2.64. The van der Waals surface area contributed by atoms with E-state index >= 15 is 0 Å². The standard InChI is InChI=1S/C16H18N2O/c1-17-16(14-5-3-9-19-11-14)13-6-7-15-12(10-13)4-2-8-18-15/h2,4,6-8,10-11,16-17H,3,5,9H2,1H3. The van der Waals surface area contributed by atoms with Crippen molar-refractivity contribution in [1.29, 1.82) is 0 Å². The Morgan fingerprint density at radius 1 is 1.32 bits per heavy atom. The van der Waals surface area contributed by atoms with Crippen LogP contribution >= 0.6 is 0 Å². The molecule has 3 rings (SSSR count). The Labute approximate surface area is 113 Å². The van der Waals surface area contributed by atoms with Gasteiger partial charge in [0.1, 0.15) is 0 Å². The Balaban J connectivity index is 1.98.